The smallest absolute Gasteiger partial charge is 0.319 e. The minimum absolute atomic E-state index is 0.0464. The summed E-state index contributed by atoms with van der Waals surface area (Å²) < 4.78 is 59.3. The summed E-state index contributed by atoms with van der Waals surface area (Å²) in [6.45, 7) is 6.60. The first-order chi connectivity index (χ1) is 36.8. The van der Waals surface area contributed by atoms with Crippen LogP contribution in [0.2, 0.25) is 0 Å². The zero-order chi connectivity index (χ0) is 57.5. The number of hydrogen-bond donors (Lipinski definition) is 4. The minimum atomic E-state index is -1.74. The van der Waals surface area contributed by atoms with Gasteiger partial charge in [0.15, 0.2) is 11.6 Å². The van der Waals surface area contributed by atoms with Gasteiger partial charge in [0.05, 0.1) is 65.7 Å². The molecule has 2 aliphatic rings. The number of nitrogens with zero attached hydrogens (tertiary/aromatic N) is 3. The third kappa shape index (κ3) is 15.7. The van der Waals surface area contributed by atoms with Crippen LogP contribution in [-0.2, 0) is 101 Å². The molecule has 3 aromatic rings. The predicted octanol–water partition coefficient (Wildman–Crippen LogP) is 3.44. The molecule has 0 amide bonds. The number of benzene rings is 2. The average molecular weight is 1100 g/mol. The van der Waals surface area contributed by atoms with Crippen LogP contribution < -0.4 is 0 Å². The monoisotopic (exact) mass is 1100 g/mol. The Morgan fingerprint density at radius 2 is 0.885 bits per heavy atom. The van der Waals surface area contributed by atoms with Gasteiger partial charge in [-0.25, -0.2) is 0 Å². The van der Waals surface area contributed by atoms with E-state index in [1.54, 1.807) is 38.6 Å². The van der Waals surface area contributed by atoms with Gasteiger partial charge in [-0.2, -0.15) is 0 Å². The van der Waals surface area contributed by atoms with Gasteiger partial charge in [0.2, 0.25) is 0 Å². The Balaban J connectivity index is 1.13. The number of ether oxygens (including phenoxy) is 10. The quantitative estimate of drug-likeness (QED) is 0.0440. The number of aryl methyl sites for hydroxylation is 1. The number of hydrogen-bond acceptors (Lipinski definition) is 22. The number of carbonyl (C=O) groups is 6. The lowest BCUT2D eigenvalue weighted by Gasteiger charge is -2.42. The van der Waals surface area contributed by atoms with Gasteiger partial charge in [0.1, 0.15) is 71.2 Å². The van der Waals surface area contributed by atoms with Crippen molar-refractivity contribution in [3.8, 4) is 0 Å². The lowest BCUT2D eigenvalue weighted by atomic mass is 9.89. The Morgan fingerprint density at radius 3 is 1.29 bits per heavy atom. The first-order valence-corrected chi connectivity index (χ1v) is 25.8. The Hall–Kier alpha value is -5.92. The van der Waals surface area contributed by atoms with Crippen LogP contribution in [-0.4, -0.2) is 157 Å². The van der Waals surface area contributed by atoms with Crippen molar-refractivity contribution < 1.29 is 96.6 Å². The maximum Gasteiger partial charge on any atom is 0.319 e. The van der Waals surface area contributed by atoms with Gasteiger partial charge in [0.25, 0.3) is 0 Å². The number of esters is 6. The molecular formula is C55H77N3O20. The number of rotatable bonds is 29. The Morgan fingerprint density at radius 1 is 0.513 bits per heavy atom. The molecule has 0 unspecified atom stereocenters. The Kier molecular flexibility index (Phi) is 21.6. The molecule has 2 aromatic carbocycles. The Labute approximate surface area is 454 Å². The average Bonchev–Trinajstić information content (AvgIpc) is 3.95. The van der Waals surface area contributed by atoms with Crippen LogP contribution >= 0.6 is 0 Å². The van der Waals surface area contributed by atoms with E-state index in [1.807, 2.05) is 60.7 Å². The predicted molar refractivity (Wildman–Crippen MR) is 271 cm³/mol. The molecule has 2 aliphatic heterocycles. The molecule has 5 rings (SSSR count). The molecule has 0 aliphatic carbocycles. The van der Waals surface area contributed by atoms with Crippen LogP contribution in [0.3, 0.4) is 0 Å². The second-order valence-electron chi connectivity index (χ2n) is 22.2. The summed E-state index contributed by atoms with van der Waals surface area (Å²) in [6, 6.07) is 18.6. The molecule has 4 N–H and O–H groups in total. The number of aromatic nitrogens is 3. The molecule has 3 heterocycles. The second kappa shape index (κ2) is 26.8. The van der Waals surface area contributed by atoms with E-state index in [0.29, 0.717) is 37.9 Å². The van der Waals surface area contributed by atoms with Crippen LogP contribution in [0.15, 0.2) is 66.9 Å². The molecule has 2 saturated heterocycles. The van der Waals surface area contributed by atoms with Crippen molar-refractivity contribution in [3.63, 3.8) is 0 Å². The Bertz CT molecular complexity index is 2340. The van der Waals surface area contributed by atoms with Crippen LogP contribution in [0.5, 0.6) is 0 Å². The molecule has 0 saturated carbocycles. The van der Waals surface area contributed by atoms with E-state index in [0.717, 1.165) is 11.1 Å². The molecular weight excluding hydrogens is 1020 g/mol. The summed E-state index contributed by atoms with van der Waals surface area (Å²) in [5.74, 6) is -7.35. The summed E-state index contributed by atoms with van der Waals surface area (Å²) >= 11 is 0. The lowest BCUT2D eigenvalue weighted by molar-refractivity contribution is -0.299. The second-order valence-corrected chi connectivity index (χ2v) is 22.2. The topological polar surface area (TPSA) is 306 Å². The highest BCUT2D eigenvalue weighted by atomic mass is 16.7. The highest BCUT2D eigenvalue weighted by Crippen LogP contribution is 2.39. The highest BCUT2D eigenvalue weighted by molar-refractivity contribution is 5.82. The van der Waals surface area contributed by atoms with Gasteiger partial charge in [0, 0.05) is 17.7 Å². The van der Waals surface area contributed by atoms with Crippen LogP contribution in [0.4, 0.5) is 0 Å². The van der Waals surface area contributed by atoms with Crippen molar-refractivity contribution >= 4 is 35.8 Å². The number of unbranched alkanes of at least 4 members (excludes halogenated alkanes) is 3. The summed E-state index contributed by atoms with van der Waals surface area (Å²) in [5.41, 5.74) is -7.45. The van der Waals surface area contributed by atoms with E-state index >= 15 is 0 Å². The standard InChI is InChI=1S/C55H77N3O20/c1-48(27-59,28-60)42(63)71-31-50(3,32-72-43(64)49(2,29-61)30-62)44(65)69-24-18-10-9-17-23-58-25-41(56-57-58)26-70-45(66)51(4,33-73-46(67)52(5)35-75-54(7,76-36-52)39-19-13-11-14-20-39)34-74-47(68)53(6)37-77-55(8,78-38-53)40-21-15-12-16-22-40/h11-16,19-22,25,59-62H,9-10,17-18,23-24,26-38H2,1-8H3. The zero-order valence-corrected chi connectivity index (χ0v) is 45.9. The van der Waals surface area contributed by atoms with Gasteiger partial charge >= 0.3 is 35.8 Å². The van der Waals surface area contributed by atoms with E-state index < -0.39 is 133 Å². The fourth-order valence-corrected chi connectivity index (χ4v) is 7.58. The number of aliphatic hydroxyl groups is 4. The molecule has 0 bridgehead atoms. The van der Waals surface area contributed by atoms with Crippen molar-refractivity contribution in [1.82, 2.24) is 15.0 Å². The zero-order valence-electron chi connectivity index (χ0n) is 45.9. The fraction of sp³-hybridized carbons (Fsp3) is 0.636. The van der Waals surface area contributed by atoms with Crippen LogP contribution in [0.1, 0.15) is 97.9 Å². The summed E-state index contributed by atoms with van der Waals surface area (Å²) in [6.07, 6.45) is 3.92. The van der Waals surface area contributed by atoms with Gasteiger partial charge in [-0.1, -0.05) is 72.3 Å². The first kappa shape index (κ1) is 62.9. The number of carbonyl (C=O) groups excluding carboxylic acids is 6. The van der Waals surface area contributed by atoms with Crippen molar-refractivity contribution in [1.29, 1.82) is 0 Å². The van der Waals surface area contributed by atoms with Crippen LogP contribution in [0, 0.1) is 32.5 Å². The van der Waals surface area contributed by atoms with Crippen molar-refractivity contribution in [3.05, 3.63) is 83.7 Å². The van der Waals surface area contributed by atoms with E-state index in [1.165, 1.54) is 27.7 Å². The summed E-state index contributed by atoms with van der Waals surface area (Å²) in [4.78, 5) is 80.3. The normalized spacial score (nSPS) is 22.6. The molecule has 23 heteroatoms. The lowest BCUT2D eigenvalue weighted by Crippen LogP contribution is -2.51. The maximum atomic E-state index is 14.0. The molecule has 1 aromatic heterocycles. The molecule has 78 heavy (non-hydrogen) atoms. The van der Waals surface area contributed by atoms with E-state index in [9.17, 15) is 49.2 Å². The first-order valence-electron chi connectivity index (χ1n) is 25.8. The SMILES string of the molecule is CC(CO)(CO)C(=O)OCC(C)(COC(=O)C(C)(CO)CO)C(=O)OCCCCCCn1cc(COC(=O)C(C)(COC(=O)C2(C)COC(C)(c3ccccc3)OC2)COC(=O)C2(C)COC(C)(c3ccccc3)OC2)nn1. The van der Waals surface area contributed by atoms with Crippen LogP contribution in [0.25, 0.3) is 0 Å². The third-order valence-electron chi connectivity index (χ3n) is 14.2. The third-order valence-corrected chi connectivity index (χ3v) is 14.2. The van der Waals surface area contributed by atoms with Gasteiger partial charge in [-0.15, -0.1) is 5.10 Å². The van der Waals surface area contributed by atoms with Crippen molar-refractivity contribution in [2.45, 2.75) is 106 Å². The van der Waals surface area contributed by atoms with E-state index in [4.69, 9.17) is 47.4 Å². The molecule has 2 fully saturated rings. The van der Waals surface area contributed by atoms with Gasteiger partial charge in [-0.3, -0.25) is 33.4 Å². The van der Waals surface area contributed by atoms with Crippen molar-refractivity contribution in [2.75, 3.05) is 85.9 Å². The highest BCUT2D eigenvalue weighted by Gasteiger charge is 2.50. The van der Waals surface area contributed by atoms with E-state index in [-0.39, 0.29) is 39.6 Å². The molecule has 0 radical (unpaired) electrons. The molecule has 0 atom stereocenters. The summed E-state index contributed by atoms with van der Waals surface area (Å²) in [5, 5.41) is 46.7. The van der Waals surface area contributed by atoms with Gasteiger partial charge < -0.3 is 67.8 Å². The number of aliphatic hydroxyl groups excluding tert-OH is 4. The molecule has 23 nitrogen and oxygen atoms in total. The van der Waals surface area contributed by atoms with Crippen molar-refractivity contribution in [2.24, 2.45) is 32.5 Å². The molecule has 432 valence electrons. The fourth-order valence-electron chi connectivity index (χ4n) is 7.58. The largest absolute Gasteiger partial charge is 0.465 e. The summed E-state index contributed by atoms with van der Waals surface area (Å²) in [7, 11) is 0. The van der Waals surface area contributed by atoms with E-state index in [2.05, 4.69) is 10.3 Å². The van der Waals surface area contributed by atoms with Gasteiger partial charge in [-0.05, 0) is 74.7 Å². The molecule has 0 spiro atoms. The maximum absolute atomic E-state index is 14.0. The minimum Gasteiger partial charge on any atom is -0.465 e.